The van der Waals surface area contributed by atoms with E-state index in [1.54, 1.807) is 7.11 Å². The number of hydrogen-bond acceptors (Lipinski definition) is 3. The number of nitrogen functional groups attached to an aromatic ring is 1. The number of aryl methyl sites for hydroxylation is 1. The van der Waals surface area contributed by atoms with Crippen LogP contribution in [0.5, 0.6) is 0 Å². The molecule has 0 aromatic heterocycles. The number of ether oxygens (including phenoxy) is 1. The van der Waals surface area contributed by atoms with Gasteiger partial charge in [-0.15, -0.1) is 0 Å². The van der Waals surface area contributed by atoms with Crippen LogP contribution in [0.1, 0.15) is 11.1 Å². The quantitative estimate of drug-likeness (QED) is 0.805. The van der Waals surface area contributed by atoms with Gasteiger partial charge in [-0.05, 0) is 42.7 Å². The van der Waals surface area contributed by atoms with E-state index in [9.17, 15) is 0 Å². The Kier molecular flexibility index (Phi) is 4.42. The van der Waals surface area contributed by atoms with Gasteiger partial charge in [-0.1, -0.05) is 24.3 Å². The molecule has 0 aliphatic carbocycles. The van der Waals surface area contributed by atoms with E-state index in [1.807, 2.05) is 37.3 Å². The van der Waals surface area contributed by atoms with Crippen molar-refractivity contribution in [3.05, 3.63) is 53.6 Å². The molecule has 3 N–H and O–H groups in total. The SMILES string of the molecule is COCCc1ccccc1Nc1ccc(C)c(N)c1. The second-order valence-electron chi connectivity index (χ2n) is 4.60. The third-order valence-electron chi connectivity index (χ3n) is 3.15. The van der Waals surface area contributed by atoms with Gasteiger partial charge in [-0.3, -0.25) is 0 Å². The Bertz CT molecular complexity index is 552. The molecule has 2 aromatic carbocycles. The smallest absolute Gasteiger partial charge is 0.0503 e. The van der Waals surface area contributed by atoms with E-state index < -0.39 is 0 Å². The third-order valence-corrected chi connectivity index (χ3v) is 3.15. The van der Waals surface area contributed by atoms with E-state index in [-0.39, 0.29) is 0 Å². The van der Waals surface area contributed by atoms with E-state index >= 15 is 0 Å². The molecule has 0 saturated heterocycles. The van der Waals surface area contributed by atoms with Gasteiger partial charge in [0.15, 0.2) is 0 Å². The van der Waals surface area contributed by atoms with Gasteiger partial charge in [0.05, 0.1) is 6.61 Å². The van der Waals surface area contributed by atoms with E-state index in [1.165, 1.54) is 5.56 Å². The summed E-state index contributed by atoms with van der Waals surface area (Å²) in [6.07, 6.45) is 0.890. The molecule has 0 heterocycles. The molecule has 100 valence electrons. The van der Waals surface area contributed by atoms with Crippen LogP contribution in [-0.4, -0.2) is 13.7 Å². The van der Waals surface area contributed by atoms with Crippen LogP contribution < -0.4 is 11.1 Å². The van der Waals surface area contributed by atoms with Gasteiger partial charge in [0.1, 0.15) is 0 Å². The van der Waals surface area contributed by atoms with Crippen molar-refractivity contribution in [3.63, 3.8) is 0 Å². The molecule has 3 nitrogen and oxygen atoms in total. The van der Waals surface area contributed by atoms with Crippen LogP contribution in [0.25, 0.3) is 0 Å². The number of nitrogens with one attached hydrogen (secondary N) is 1. The van der Waals surface area contributed by atoms with Crippen LogP contribution in [0.4, 0.5) is 17.1 Å². The van der Waals surface area contributed by atoms with Crippen LogP contribution in [-0.2, 0) is 11.2 Å². The van der Waals surface area contributed by atoms with Crippen molar-refractivity contribution in [1.82, 2.24) is 0 Å². The predicted molar refractivity (Wildman–Crippen MR) is 80.9 cm³/mol. The summed E-state index contributed by atoms with van der Waals surface area (Å²) in [5, 5.41) is 3.41. The van der Waals surface area contributed by atoms with Gasteiger partial charge in [0.25, 0.3) is 0 Å². The van der Waals surface area contributed by atoms with E-state index in [4.69, 9.17) is 10.5 Å². The molecule has 2 aromatic rings. The minimum absolute atomic E-state index is 0.717. The molecule has 0 saturated carbocycles. The molecular formula is C16H20N2O. The highest BCUT2D eigenvalue weighted by Crippen LogP contribution is 2.24. The Balaban J connectivity index is 2.20. The lowest BCUT2D eigenvalue weighted by atomic mass is 10.1. The van der Waals surface area contributed by atoms with Gasteiger partial charge in [0, 0.05) is 24.2 Å². The minimum atomic E-state index is 0.717. The van der Waals surface area contributed by atoms with E-state index in [2.05, 4.69) is 17.4 Å². The first kappa shape index (κ1) is 13.4. The Morgan fingerprint density at radius 1 is 1.16 bits per heavy atom. The maximum Gasteiger partial charge on any atom is 0.0503 e. The lowest BCUT2D eigenvalue weighted by Gasteiger charge is -2.13. The minimum Gasteiger partial charge on any atom is -0.398 e. The van der Waals surface area contributed by atoms with Gasteiger partial charge >= 0.3 is 0 Å². The first-order valence-electron chi connectivity index (χ1n) is 6.40. The first-order chi connectivity index (χ1) is 9.20. The fraction of sp³-hybridized carbons (Fsp3) is 0.250. The number of hydrogen-bond donors (Lipinski definition) is 2. The van der Waals surface area contributed by atoms with Crippen LogP contribution in [0.15, 0.2) is 42.5 Å². The molecule has 0 radical (unpaired) electrons. The van der Waals surface area contributed by atoms with Gasteiger partial charge < -0.3 is 15.8 Å². The van der Waals surface area contributed by atoms with Crippen molar-refractivity contribution in [2.75, 3.05) is 24.8 Å². The molecule has 19 heavy (non-hydrogen) atoms. The maximum absolute atomic E-state index is 5.93. The average Bonchev–Trinajstić information content (AvgIpc) is 2.42. The second-order valence-corrected chi connectivity index (χ2v) is 4.60. The highest BCUT2D eigenvalue weighted by atomic mass is 16.5. The maximum atomic E-state index is 5.93. The summed E-state index contributed by atoms with van der Waals surface area (Å²) in [5.74, 6) is 0. The number of para-hydroxylation sites is 1. The summed E-state index contributed by atoms with van der Waals surface area (Å²) in [6, 6.07) is 14.3. The third kappa shape index (κ3) is 3.48. The van der Waals surface area contributed by atoms with Crippen LogP contribution in [0.2, 0.25) is 0 Å². The van der Waals surface area contributed by atoms with Crippen LogP contribution in [0, 0.1) is 6.92 Å². The summed E-state index contributed by atoms with van der Waals surface area (Å²) >= 11 is 0. The van der Waals surface area contributed by atoms with E-state index in [0.29, 0.717) is 6.61 Å². The first-order valence-corrected chi connectivity index (χ1v) is 6.40. The summed E-state index contributed by atoms with van der Waals surface area (Å²) < 4.78 is 5.14. The Hall–Kier alpha value is -2.00. The second kappa shape index (κ2) is 6.25. The van der Waals surface area contributed by atoms with Crippen LogP contribution in [0.3, 0.4) is 0 Å². The number of benzene rings is 2. The summed E-state index contributed by atoms with van der Waals surface area (Å²) in [7, 11) is 1.72. The zero-order valence-electron chi connectivity index (χ0n) is 11.4. The van der Waals surface area contributed by atoms with Gasteiger partial charge in [0.2, 0.25) is 0 Å². The molecule has 0 fully saturated rings. The Morgan fingerprint density at radius 3 is 2.68 bits per heavy atom. The average molecular weight is 256 g/mol. The molecule has 0 bridgehead atoms. The monoisotopic (exact) mass is 256 g/mol. The van der Waals surface area contributed by atoms with Gasteiger partial charge in [-0.25, -0.2) is 0 Å². The standard InChI is InChI=1S/C16H20N2O/c1-12-7-8-14(11-15(12)17)18-16-6-4-3-5-13(16)9-10-19-2/h3-8,11,18H,9-10,17H2,1-2H3. The topological polar surface area (TPSA) is 47.3 Å². The number of rotatable bonds is 5. The van der Waals surface area contributed by atoms with Crippen molar-refractivity contribution in [3.8, 4) is 0 Å². The highest BCUT2D eigenvalue weighted by Gasteiger charge is 2.03. The fourth-order valence-corrected chi connectivity index (χ4v) is 1.95. The number of methoxy groups -OCH3 is 1. The zero-order chi connectivity index (χ0) is 13.7. The molecule has 0 amide bonds. The molecule has 0 unspecified atom stereocenters. The molecule has 3 heteroatoms. The van der Waals surface area contributed by atoms with Crippen molar-refractivity contribution in [2.45, 2.75) is 13.3 Å². The normalized spacial score (nSPS) is 10.4. The van der Waals surface area contributed by atoms with Crippen molar-refractivity contribution < 1.29 is 4.74 Å². The number of nitrogens with two attached hydrogens (primary N) is 1. The zero-order valence-corrected chi connectivity index (χ0v) is 11.4. The largest absolute Gasteiger partial charge is 0.398 e. The lowest BCUT2D eigenvalue weighted by molar-refractivity contribution is 0.202. The molecule has 0 spiro atoms. The predicted octanol–water partition coefficient (Wildman–Crippen LogP) is 3.51. The fourth-order valence-electron chi connectivity index (χ4n) is 1.95. The Morgan fingerprint density at radius 2 is 1.95 bits per heavy atom. The molecular weight excluding hydrogens is 236 g/mol. The van der Waals surface area contributed by atoms with E-state index in [0.717, 1.165) is 29.0 Å². The summed E-state index contributed by atoms with van der Waals surface area (Å²) in [6.45, 7) is 2.72. The van der Waals surface area contributed by atoms with Crippen molar-refractivity contribution in [2.24, 2.45) is 0 Å². The molecule has 0 aliphatic rings. The summed E-state index contributed by atoms with van der Waals surface area (Å²) in [5.41, 5.74) is 11.2. The summed E-state index contributed by atoms with van der Waals surface area (Å²) in [4.78, 5) is 0. The Labute approximate surface area is 114 Å². The van der Waals surface area contributed by atoms with Crippen LogP contribution >= 0.6 is 0 Å². The molecule has 0 aliphatic heterocycles. The van der Waals surface area contributed by atoms with Gasteiger partial charge in [-0.2, -0.15) is 0 Å². The van der Waals surface area contributed by atoms with Crippen molar-refractivity contribution in [1.29, 1.82) is 0 Å². The molecule has 2 rings (SSSR count). The molecule has 0 atom stereocenters. The number of anilines is 3. The highest BCUT2D eigenvalue weighted by molar-refractivity contribution is 5.67. The van der Waals surface area contributed by atoms with Crippen molar-refractivity contribution >= 4 is 17.1 Å². The lowest BCUT2D eigenvalue weighted by Crippen LogP contribution is -2.00.